The van der Waals surface area contributed by atoms with Crippen LogP contribution >= 0.6 is 0 Å². The fraction of sp³-hybridized carbons (Fsp3) is 0.429. The van der Waals surface area contributed by atoms with Gasteiger partial charge in [-0.3, -0.25) is 9.59 Å². The summed E-state index contributed by atoms with van der Waals surface area (Å²) in [5.41, 5.74) is 0. The van der Waals surface area contributed by atoms with Gasteiger partial charge in [0, 0.05) is 7.05 Å². The third-order valence-corrected chi connectivity index (χ3v) is 1.06. The molecule has 0 aromatic rings. The van der Waals surface area contributed by atoms with Crippen LogP contribution in [0.2, 0.25) is 0 Å². The Morgan fingerprint density at radius 3 is 2.55 bits per heavy atom. The zero-order chi connectivity index (χ0) is 8.85. The van der Waals surface area contributed by atoms with E-state index in [0.29, 0.717) is 0 Å². The van der Waals surface area contributed by atoms with Gasteiger partial charge in [0.1, 0.15) is 6.42 Å². The van der Waals surface area contributed by atoms with Crippen molar-refractivity contribution in [3.63, 3.8) is 0 Å². The van der Waals surface area contributed by atoms with E-state index >= 15 is 0 Å². The number of amides is 1. The van der Waals surface area contributed by atoms with Crippen LogP contribution in [0.3, 0.4) is 0 Å². The number of nitrogens with zero attached hydrogens (tertiary/aromatic N) is 1. The standard InChI is InChI=1S/C7H9NO3/c1-3-4-8(2)6(9)5-7(10)11/h1H,4-5H2,2H3,(H,10,11). The van der Waals surface area contributed by atoms with E-state index < -0.39 is 18.3 Å². The monoisotopic (exact) mass is 155 g/mol. The molecule has 0 aliphatic rings. The van der Waals surface area contributed by atoms with Crippen molar-refractivity contribution in [1.29, 1.82) is 0 Å². The number of aliphatic carboxylic acids is 1. The topological polar surface area (TPSA) is 57.6 Å². The van der Waals surface area contributed by atoms with Gasteiger partial charge in [-0.15, -0.1) is 6.42 Å². The highest BCUT2D eigenvalue weighted by molar-refractivity contribution is 5.93. The molecule has 1 N–H and O–H groups in total. The Bertz CT molecular complexity index is 204. The summed E-state index contributed by atoms with van der Waals surface area (Å²) in [6.07, 6.45) is 4.40. The molecule has 0 fully saturated rings. The summed E-state index contributed by atoms with van der Waals surface area (Å²) in [5.74, 6) is 0.617. The summed E-state index contributed by atoms with van der Waals surface area (Å²) in [5, 5.41) is 8.20. The minimum Gasteiger partial charge on any atom is -0.481 e. The van der Waals surface area contributed by atoms with Gasteiger partial charge in [0.25, 0.3) is 0 Å². The molecular formula is C7H9NO3. The summed E-state index contributed by atoms with van der Waals surface area (Å²) in [6.45, 7) is 0.145. The third kappa shape index (κ3) is 3.98. The quantitative estimate of drug-likeness (QED) is 0.443. The molecule has 0 aromatic heterocycles. The number of hydrogen-bond donors (Lipinski definition) is 1. The second-order valence-electron chi connectivity index (χ2n) is 2.02. The third-order valence-electron chi connectivity index (χ3n) is 1.06. The molecule has 0 aromatic carbocycles. The summed E-state index contributed by atoms with van der Waals surface area (Å²) in [7, 11) is 1.46. The molecule has 0 atom stereocenters. The molecule has 1 amide bonds. The number of carboxylic acids is 1. The maximum absolute atomic E-state index is 10.8. The molecule has 0 heterocycles. The van der Waals surface area contributed by atoms with Crippen molar-refractivity contribution < 1.29 is 14.7 Å². The number of rotatable bonds is 3. The van der Waals surface area contributed by atoms with Crippen molar-refractivity contribution in [2.45, 2.75) is 6.42 Å². The first-order valence-electron chi connectivity index (χ1n) is 2.97. The van der Waals surface area contributed by atoms with Crippen molar-refractivity contribution in [1.82, 2.24) is 4.90 Å². The Morgan fingerprint density at radius 2 is 2.18 bits per heavy atom. The lowest BCUT2D eigenvalue weighted by Gasteiger charge is -2.11. The maximum atomic E-state index is 10.8. The number of carboxylic acid groups (broad SMARTS) is 1. The number of carbonyl (C=O) groups excluding carboxylic acids is 1. The van der Waals surface area contributed by atoms with E-state index in [-0.39, 0.29) is 6.54 Å². The fourth-order valence-corrected chi connectivity index (χ4v) is 0.489. The highest BCUT2D eigenvalue weighted by Gasteiger charge is 2.10. The van der Waals surface area contributed by atoms with Crippen LogP contribution in [0.1, 0.15) is 6.42 Å². The fourth-order valence-electron chi connectivity index (χ4n) is 0.489. The van der Waals surface area contributed by atoms with Crippen molar-refractivity contribution in [2.24, 2.45) is 0 Å². The van der Waals surface area contributed by atoms with Gasteiger partial charge < -0.3 is 10.0 Å². The Morgan fingerprint density at radius 1 is 1.64 bits per heavy atom. The van der Waals surface area contributed by atoms with Crippen LogP contribution in [0, 0.1) is 12.3 Å². The van der Waals surface area contributed by atoms with Crippen LogP contribution in [0.5, 0.6) is 0 Å². The highest BCUT2D eigenvalue weighted by atomic mass is 16.4. The zero-order valence-corrected chi connectivity index (χ0v) is 6.20. The van der Waals surface area contributed by atoms with Gasteiger partial charge in [0.05, 0.1) is 6.54 Å². The van der Waals surface area contributed by atoms with E-state index in [0.717, 1.165) is 0 Å². The zero-order valence-electron chi connectivity index (χ0n) is 6.20. The summed E-state index contributed by atoms with van der Waals surface area (Å²) in [6, 6.07) is 0. The molecule has 0 spiro atoms. The minimum absolute atomic E-state index is 0.145. The van der Waals surface area contributed by atoms with Gasteiger partial charge in [-0.25, -0.2) is 0 Å². The second kappa shape index (κ2) is 4.34. The molecule has 0 saturated heterocycles. The molecule has 0 aliphatic carbocycles. The Hall–Kier alpha value is -1.50. The van der Waals surface area contributed by atoms with E-state index in [1.165, 1.54) is 11.9 Å². The molecule has 0 radical (unpaired) electrons. The average molecular weight is 155 g/mol. The van der Waals surface area contributed by atoms with Gasteiger partial charge in [0.15, 0.2) is 0 Å². The lowest BCUT2D eigenvalue weighted by atomic mass is 10.4. The molecule has 0 bridgehead atoms. The SMILES string of the molecule is C#CCN(C)C(=O)CC(=O)O. The normalized spacial score (nSPS) is 8.36. The van der Waals surface area contributed by atoms with E-state index in [4.69, 9.17) is 11.5 Å². The first-order valence-corrected chi connectivity index (χ1v) is 2.97. The average Bonchev–Trinajstić information content (AvgIpc) is 1.86. The van der Waals surface area contributed by atoms with Crippen LogP contribution in [-0.4, -0.2) is 35.5 Å². The molecule has 0 unspecified atom stereocenters. The van der Waals surface area contributed by atoms with Crippen LogP contribution in [0.15, 0.2) is 0 Å². The molecule has 4 nitrogen and oxygen atoms in total. The summed E-state index contributed by atoms with van der Waals surface area (Å²) >= 11 is 0. The number of terminal acetylenes is 1. The minimum atomic E-state index is -1.14. The molecule has 0 aliphatic heterocycles. The molecular weight excluding hydrogens is 146 g/mol. The Kier molecular flexibility index (Phi) is 3.75. The lowest BCUT2D eigenvalue weighted by molar-refractivity contribution is -0.143. The van der Waals surface area contributed by atoms with Gasteiger partial charge in [-0.2, -0.15) is 0 Å². The summed E-state index contributed by atoms with van der Waals surface area (Å²) < 4.78 is 0. The van der Waals surface area contributed by atoms with Gasteiger partial charge in [-0.1, -0.05) is 5.92 Å². The molecule has 11 heavy (non-hydrogen) atoms. The second-order valence-corrected chi connectivity index (χ2v) is 2.02. The molecule has 4 heteroatoms. The predicted octanol–water partition coefficient (Wildman–Crippen LogP) is -0.447. The van der Waals surface area contributed by atoms with Crippen LogP contribution in [-0.2, 0) is 9.59 Å². The van der Waals surface area contributed by atoms with Crippen molar-refractivity contribution in [3.8, 4) is 12.3 Å². The van der Waals surface area contributed by atoms with E-state index in [1.807, 2.05) is 0 Å². The molecule has 60 valence electrons. The van der Waals surface area contributed by atoms with Gasteiger partial charge in [-0.05, 0) is 0 Å². The highest BCUT2D eigenvalue weighted by Crippen LogP contribution is 1.88. The summed E-state index contributed by atoms with van der Waals surface area (Å²) in [4.78, 5) is 22.0. The largest absolute Gasteiger partial charge is 0.481 e. The Labute approximate surface area is 64.8 Å². The Balaban J connectivity index is 3.85. The van der Waals surface area contributed by atoms with E-state index in [9.17, 15) is 9.59 Å². The van der Waals surface area contributed by atoms with Crippen molar-refractivity contribution in [2.75, 3.05) is 13.6 Å². The van der Waals surface area contributed by atoms with Crippen molar-refractivity contribution in [3.05, 3.63) is 0 Å². The molecule has 0 rings (SSSR count). The van der Waals surface area contributed by atoms with Gasteiger partial charge in [0.2, 0.25) is 5.91 Å². The molecule has 0 saturated carbocycles. The first kappa shape index (κ1) is 9.50. The van der Waals surface area contributed by atoms with Crippen LogP contribution in [0.25, 0.3) is 0 Å². The van der Waals surface area contributed by atoms with Crippen molar-refractivity contribution >= 4 is 11.9 Å². The lowest BCUT2D eigenvalue weighted by Crippen LogP contribution is -2.28. The number of hydrogen-bond acceptors (Lipinski definition) is 2. The number of carbonyl (C=O) groups is 2. The van der Waals surface area contributed by atoms with Gasteiger partial charge >= 0.3 is 5.97 Å². The smallest absolute Gasteiger partial charge is 0.312 e. The predicted molar refractivity (Wildman–Crippen MR) is 38.7 cm³/mol. The van der Waals surface area contributed by atoms with Crippen LogP contribution < -0.4 is 0 Å². The maximum Gasteiger partial charge on any atom is 0.312 e. The van der Waals surface area contributed by atoms with E-state index in [2.05, 4.69) is 5.92 Å². The van der Waals surface area contributed by atoms with E-state index in [1.54, 1.807) is 0 Å². The van der Waals surface area contributed by atoms with Crippen LogP contribution in [0.4, 0.5) is 0 Å². The first-order chi connectivity index (χ1) is 5.07.